The van der Waals surface area contributed by atoms with Crippen molar-refractivity contribution in [1.82, 2.24) is 0 Å². The van der Waals surface area contributed by atoms with Crippen molar-refractivity contribution < 1.29 is 23.4 Å². The van der Waals surface area contributed by atoms with E-state index in [9.17, 15) is 4.79 Å². The SMILES string of the molecule is CCCCC(CC)CCOc1c2cc(C)sc2c(OCC(CC)CCCC)c2cc(-c3sc(C)c4c(F)c(C(=O)OC(CC)CCCC)sc34)sc12. The first kappa shape index (κ1) is 41.0. The first-order valence-corrected chi connectivity index (χ1v) is 23.1. The largest absolute Gasteiger partial charge is 0.491 e. The summed E-state index contributed by atoms with van der Waals surface area (Å²) in [7, 11) is 0. The molecule has 0 saturated heterocycles. The van der Waals surface area contributed by atoms with Crippen LogP contribution in [0.1, 0.15) is 144 Å². The molecule has 3 unspecified atom stereocenters. The molecule has 1 aromatic carbocycles. The molecular formula is C43H59FO4S4. The normalized spacial score (nSPS) is 13.7. The Morgan fingerprint density at radius 3 is 2.02 bits per heavy atom. The van der Waals surface area contributed by atoms with E-state index in [1.54, 1.807) is 34.0 Å². The second-order valence-electron chi connectivity index (χ2n) is 14.4. The summed E-state index contributed by atoms with van der Waals surface area (Å²) >= 11 is 6.31. The van der Waals surface area contributed by atoms with Gasteiger partial charge in [-0.2, -0.15) is 0 Å². The summed E-state index contributed by atoms with van der Waals surface area (Å²) in [4.78, 5) is 17.6. The molecule has 5 rings (SSSR count). The van der Waals surface area contributed by atoms with Crippen molar-refractivity contribution in [2.45, 2.75) is 145 Å². The van der Waals surface area contributed by atoms with Crippen molar-refractivity contribution in [3.05, 3.63) is 32.6 Å². The van der Waals surface area contributed by atoms with Gasteiger partial charge in [-0.15, -0.1) is 45.3 Å². The number of fused-ring (bicyclic) bond motifs is 3. The number of rotatable bonds is 22. The lowest BCUT2D eigenvalue weighted by atomic mass is 9.96. The molecule has 0 saturated carbocycles. The zero-order chi connectivity index (χ0) is 37.4. The number of benzene rings is 1. The molecule has 5 aromatic rings. The Kier molecular flexibility index (Phi) is 15.3. The van der Waals surface area contributed by atoms with Gasteiger partial charge in [0, 0.05) is 30.8 Å². The predicted molar refractivity (Wildman–Crippen MR) is 227 cm³/mol. The molecule has 0 spiro atoms. The third-order valence-corrected chi connectivity index (χ3v) is 15.3. The minimum atomic E-state index is -0.548. The number of unbranched alkanes of at least 4 members (excludes halogenated alkanes) is 3. The summed E-state index contributed by atoms with van der Waals surface area (Å²) in [5.41, 5.74) is 0. The third kappa shape index (κ3) is 9.18. The van der Waals surface area contributed by atoms with E-state index in [0.717, 1.165) is 102 Å². The van der Waals surface area contributed by atoms with Crippen molar-refractivity contribution in [1.29, 1.82) is 0 Å². The lowest BCUT2D eigenvalue weighted by molar-refractivity contribution is 0.0269. The quantitative estimate of drug-likeness (QED) is 0.0656. The van der Waals surface area contributed by atoms with Crippen LogP contribution in [-0.4, -0.2) is 25.3 Å². The Bertz CT molecular complexity index is 1910. The topological polar surface area (TPSA) is 44.8 Å². The molecule has 4 aromatic heterocycles. The van der Waals surface area contributed by atoms with Gasteiger partial charge in [-0.05, 0) is 63.5 Å². The van der Waals surface area contributed by atoms with Crippen LogP contribution in [-0.2, 0) is 4.74 Å². The highest BCUT2D eigenvalue weighted by molar-refractivity contribution is 7.31. The maximum atomic E-state index is 16.1. The van der Waals surface area contributed by atoms with Gasteiger partial charge in [0.1, 0.15) is 22.5 Å². The maximum Gasteiger partial charge on any atom is 0.351 e. The van der Waals surface area contributed by atoms with Crippen LogP contribution >= 0.6 is 45.3 Å². The predicted octanol–water partition coefficient (Wildman–Crippen LogP) is 15.5. The molecule has 286 valence electrons. The molecule has 4 nitrogen and oxygen atoms in total. The molecule has 3 atom stereocenters. The molecule has 4 heterocycles. The van der Waals surface area contributed by atoms with Crippen LogP contribution in [0.15, 0.2) is 12.1 Å². The Balaban J connectivity index is 1.60. The average Bonchev–Trinajstić information content (AvgIpc) is 3.91. The molecule has 52 heavy (non-hydrogen) atoms. The molecule has 9 heteroatoms. The van der Waals surface area contributed by atoms with Gasteiger partial charge in [0.25, 0.3) is 0 Å². The van der Waals surface area contributed by atoms with E-state index in [1.807, 2.05) is 13.8 Å². The van der Waals surface area contributed by atoms with Crippen molar-refractivity contribution in [2.75, 3.05) is 13.2 Å². The lowest BCUT2D eigenvalue weighted by Crippen LogP contribution is -2.17. The molecular weight excluding hydrogens is 728 g/mol. The van der Waals surface area contributed by atoms with E-state index >= 15 is 4.39 Å². The highest BCUT2D eigenvalue weighted by atomic mass is 32.1. The molecule has 0 aliphatic rings. The monoisotopic (exact) mass is 786 g/mol. The Morgan fingerprint density at radius 2 is 1.35 bits per heavy atom. The van der Waals surface area contributed by atoms with Gasteiger partial charge in [-0.3, -0.25) is 0 Å². The number of esters is 1. The van der Waals surface area contributed by atoms with Gasteiger partial charge in [-0.1, -0.05) is 99.3 Å². The number of hydrogen-bond acceptors (Lipinski definition) is 8. The van der Waals surface area contributed by atoms with Gasteiger partial charge < -0.3 is 14.2 Å². The molecule has 0 N–H and O–H groups in total. The minimum Gasteiger partial charge on any atom is -0.491 e. The fraction of sp³-hybridized carbons (Fsp3) is 0.605. The van der Waals surface area contributed by atoms with Crippen LogP contribution in [0, 0.1) is 31.5 Å². The summed E-state index contributed by atoms with van der Waals surface area (Å²) in [6, 6.07) is 4.49. The van der Waals surface area contributed by atoms with E-state index in [0.29, 0.717) is 30.4 Å². The van der Waals surface area contributed by atoms with Gasteiger partial charge in [0.15, 0.2) is 5.82 Å². The first-order chi connectivity index (χ1) is 25.2. The van der Waals surface area contributed by atoms with Crippen LogP contribution in [0.25, 0.3) is 40.0 Å². The minimum absolute atomic E-state index is 0.0773. The summed E-state index contributed by atoms with van der Waals surface area (Å²) in [6.07, 6.45) is 13.9. The van der Waals surface area contributed by atoms with Crippen LogP contribution in [0.3, 0.4) is 0 Å². The second kappa shape index (κ2) is 19.4. The molecule has 0 fully saturated rings. The molecule has 0 aliphatic carbocycles. The molecule has 0 amide bonds. The fourth-order valence-electron chi connectivity index (χ4n) is 7.11. The summed E-state index contributed by atoms with van der Waals surface area (Å²) in [6.45, 7) is 18.7. The summed E-state index contributed by atoms with van der Waals surface area (Å²) in [5.74, 6) is 2.02. The van der Waals surface area contributed by atoms with E-state index < -0.39 is 11.8 Å². The zero-order valence-corrected chi connectivity index (χ0v) is 35.9. The highest BCUT2D eigenvalue weighted by Crippen LogP contribution is 2.54. The van der Waals surface area contributed by atoms with E-state index in [1.165, 1.54) is 48.3 Å². The molecule has 0 aliphatic heterocycles. The maximum absolute atomic E-state index is 16.1. The molecule has 0 bridgehead atoms. The number of carbonyl (C=O) groups is 1. The van der Waals surface area contributed by atoms with Gasteiger partial charge in [0.05, 0.1) is 32.2 Å². The van der Waals surface area contributed by atoms with Crippen LogP contribution in [0.4, 0.5) is 4.39 Å². The Morgan fingerprint density at radius 1 is 0.712 bits per heavy atom. The van der Waals surface area contributed by atoms with Crippen LogP contribution in [0.2, 0.25) is 0 Å². The zero-order valence-electron chi connectivity index (χ0n) is 32.6. The number of aryl methyl sites for hydroxylation is 2. The van der Waals surface area contributed by atoms with E-state index in [2.05, 4.69) is 53.7 Å². The number of thiophene rings is 4. The van der Waals surface area contributed by atoms with E-state index in [4.69, 9.17) is 14.2 Å². The molecule has 0 radical (unpaired) electrons. The van der Waals surface area contributed by atoms with E-state index in [-0.39, 0.29) is 11.0 Å². The fourth-order valence-corrected chi connectivity index (χ4v) is 11.9. The van der Waals surface area contributed by atoms with Crippen LogP contribution in [0.5, 0.6) is 11.5 Å². The van der Waals surface area contributed by atoms with Gasteiger partial charge >= 0.3 is 5.97 Å². The number of ether oxygens (including phenoxy) is 3. The van der Waals surface area contributed by atoms with Crippen LogP contribution < -0.4 is 9.47 Å². The third-order valence-electron chi connectivity index (χ3n) is 10.5. The highest BCUT2D eigenvalue weighted by Gasteiger charge is 2.29. The second-order valence-corrected chi connectivity index (χ2v) is 19.0. The number of hydrogen-bond donors (Lipinski definition) is 0. The number of halogens is 1. The first-order valence-electron chi connectivity index (χ1n) is 19.9. The smallest absolute Gasteiger partial charge is 0.351 e. The van der Waals surface area contributed by atoms with Gasteiger partial charge in [0.2, 0.25) is 0 Å². The lowest BCUT2D eigenvalue weighted by Gasteiger charge is -2.19. The van der Waals surface area contributed by atoms with Gasteiger partial charge in [-0.25, -0.2) is 9.18 Å². The Labute approximate surface area is 327 Å². The summed E-state index contributed by atoms with van der Waals surface area (Å²) < 4.78 is 38.7. The average molecular weight is 787 g/mol. The van der Waals surface area contributed by atoms with Crippen molar-refractivity contribution in [3.63, 3.8) is 0 Å². The van der Waals surface area contributed by atoms with Crippen molar-refractivity contribution in [3.8, 4) is 21.3 Å². The van der Waals surface area contributed by atoms with Crippen molar-refractivity contribution in [2.24, 2.45) is 11.8 Å². The number of carbonyl (C=O) groups excluding carboxylic acids is 1. The summed E-state index contributed by atoms with van der Waals surface area (Å²) in [5, 5.41) is 2.72. The standard InChI is InChI=1S/C43H59FO4S4/c1-9-15-18-28(12-4)21-22-46-36-31-23-26(7)49-38(31)37(47-25-29(13-5)19-16-10-2)32-24-33(51-39(32)36)40-41-34(27(8)50-40)35(44)42(52-41)43(45)48-30(14-6)20-17-11-3/h23-24,28-30H,9-22,25H2,1-8H3. The Hall–Kier alpha value is -2.20. The van der Waals surface area contributed by atoms with Crippen molar-refractivity contribution >= 4 is 81.6 Å².